The number of rotatable bonds is 1. The lowest BCUT2D eigenvalue weighted by molar-refractivity contribution is 0.0303. The van der Waals surface area contributed by atoms with E-state index in [1.54, 1.807) is 23.1 Å². The number of ether oxygens (including phenoxy) is 1. The van der Waals surface area contributed by atoms with E-state index in [2.05, 4.69) is 15.4 Å². The van der Waals surface area contributed by atoms with Crippen LogP contribution in [0.15, 0.2) is 18.2 Å². The van der Waals surface area contributed by atoms with Gasteiger partial charge in [-0.3, -0.25) is 4.79 Å². The van der Waals surface area contributed by atoms with Gasteiger partial charge in [-0.1, -0.05) is 0 Å². The summed E-state index contributed by atoms with van der Waals surface area (Å²) in [6.45, 7) is 2.52. The van der Waals surface area contributed by atoms with Gasteiger partial charge in [-0.25, -0.2) is 0 Å². The second-order valence-corrected chi connectivity index (χ2v) is 3.93. The average molecular weight is 232 g/mol. The van der Waals surface area contributed by atoms with Gasteiger partial charge in [-0.05, 0) is 18.2 Å². The van der Waals surface area contributed by atoms with E-state index in [-0.39, 0.29) is 5.91 Å². The third kappa shape index (κ3) is 1.87. The number of carbonyl (C=O) groups excluding carboxylic acids is 1. The summed E-state index contributed by atoms with van der Waals surface area (Å²) in [5.41, 5.74) is 2.13. The highest BCUT2D eigenvalue weighted by Crippen LogP contribution is 2.13. The maximum Gasteiger partial charge on any atom is 0.254 e. The molecular weight excluding hydrogens is 220 g/mol. The number of benzene rings is 1. The van der Waals surface area contributed by atoms with Crippen LogP contribution in [0.5, 0.6) is 0 Å². The first-order valence-corrected chi connectivity index (χ1v) is 5.52. The smallest absolute Gasteiger partial charge is 0.254 e. The standard InChI is InChI=1S/C11H12N4O2/c16-11(15-3-5-17-6-4-15)8-1-2-9-10(7-8)13-14-12-9/h1-2,7H,3-6H2,(H,12,13,14). The molecule has 0 atom stereocenters. The lowest BCUT2D eigenvalue weighted by atomic mass is 10.1. The fourth-order valence-corrected chi connectivity index (χ4v) is 1.92. The van der Waals surface area contributed by atoms with Crippen molar-refractivity contribution in [3.05, 3.63) is 23.8 Å². The molecule has 1 aliphatic rings. The topological polar surface area (TPSA) is 71.1 Å². The number of nitrogens with one attached hydrogen (secondary N) is 1. The lowest BCUT2D eigenvalue weighted by Gasteiger charge is -2.26. The molecule has 6 heteroatoms. The van der Waals surface area contributed by atoms with Crippen LogP contribution in [-0.4, -0.2) is 52.5 Å². The van der Waals surface area contributed by atoms with Crippen molar-refractivity contribution < 1.29 is 9.53 Å². The minimum absolute atomic E-state index is 0.0261. The zero-order valence-corrected chi connectivity index (χ0v) is 9.22. The molecule has 2 heterocycles. The van der Waals surface area contributed by atoms with Crippen molar-refractivity contribution in [2.45, 2.75) is 0 Å². The molecule has 2 aromatic rings. The number of aromatic nitrogens is 3. The molecule has 1 fully saturated rings. The number of carbonyl (C=O) groups is 1. The number of nitrogens with zero attached hydrogens (tertiary/aromatic N) is 3. The van der Waals surface area contributed by atoms with Crippen molar-refractivity contribution in [3.8, 4) is 0 Å². The summed E-state index contributed by atoms with van der Waals surface area (Å²) >= 11 is 0. The molecule has 3 rings (SSSR count). The van der Waals surface area contributed by atoms with E-state index >= 15 is 0 Å². The zero-order chi connectivity index (χ0) is 11.7. The van der Waals surface area contributed by atoms with Gasteiger partial charge in [-0.2, -0.15) is 15.4 Å². The molecule has 88 valence electrons. The minimum Gasteiger partial charge on any atom is -0.378 e. The van der Waals surface area contributed by atoms with Gasteiger partial charge in [-0.15, -0.1) is 0 Å². The Bertz CT molecular complexity index is 545. The van der Waals surface area contributed by atoms with Gasteiger partial charge in [0.15, 0.2) is 0 Å². The largest absolute Gasteiger partial charge is 0.378 e. The summed E-state index contributed by atoms with van der Waals surface area (Å²) in [6.07, 6.45) is 0. The molecule has 0 spiro atoms. The summed E-state index contributed by atoms with van der Waals surface area (Å²) in [4.78, 5) is 14.0. The second-order valence-electron chi connectivity index (χ2n) is 3.93. The summed E-state index contributed by atoms with van der Waals surface area (Å²) in [5, 5.41) is 10.5. The average Bonchev–Trinajstić information content (AvgIpc) is 2.86. The number of aromatic amines is 1. The van der Waals surface area contributed by atoms with Crippen LogP contribution in [0.1, 0.15) is 10.4 Å². The number of fused-ring (bicyclic) bond motifs is 1. The number of hydrogen-bond acceptors (Lipinski definition) is 4. The highest BCUT2D eigenvalue weighted by atomic mass is 16.5. The number of hydrogen-bond donors (Lipinski definition) is 1. The first kappa shape index (κ1) is 10.2. The predicted octanol–water partition coefficient (Wildman–Crippen LogP) is 0.430. The molecule has 1 N–H and O–H groups in total. The first-order valence-electron chi connectivity index (χ1n) is 5.52. The summed E-state index contributed by atoms with van der Waals surface area (Å²) in [5.74, 6) is 0.0261. The first-order chi connectivity index (χ1) is 8.34. The fourth-order valence-electron chi connectivity index (χ4n) is 1.92. The van der Waals surface area contributed by atoms with Crippen LogP contribution in [0.2, 0.25) is 0 Å². The molecule has 0 bridgehead atoms. The maximum atomic E-state index is 12.2. The Balaban J connectivity index is 1.88. The lowest BCUT2D eigenvalue weighted by Crippen LogP contribution is -2.40. The highest BCUT2D eigenvalue weighted by molar-refractivity contribution is 5.97. The Labute approximate surface area is 97.6 Å². The van der Waals surface area contributed by atoms with Gasteiger partial charge in [0.2, 0.25) is 0 Å². The van der Waals surface area contributed by atoms with Gasteiger partial charge >= 0.3 is 0 Å². The van der Waals surface area contributed by atoms with E-state index < -0.39 is 0 Å². The predicted molar refractivity (Wildman–Crippen MR) is 60.6 cm³/mol. The minimum atomic E-state index is 0.0261. The zero-order valence-electron chi connectivity index (χ0n) is 9.22. The number of amides is 1. The van der Waals surface area contributed by atoms with Crippen LogP contribution in [-0.2, 0) is 4.74 Å². The number of H-pyrrole nitrogens is 1. The van der Waals surface area contributed by atoms with Gasteiger partial charge in [0.05, 0.1) is 13.2 Å². The van der Waals surface area contributed by atoms with Gasteiger partial charge < -0.3 is 9.64 Å². The summed E-state index contributed by atoms with van der Waals surface area (Å²) < 4.78 is 5.22. The Hall–Kier alpha value is -1.95. The van der Waals surface area contributed by atoms with E-state index in [9.17, 15) is 4.79 Å². The van der Waals surface area contributed by atoms with Crippen molar-refractivity contribution in [1.29, 1.82) is 0 Å². The molecule has 6 nitrogen and oxygen atoms in total. The molecule has 0 aliphatic carbocycles. The molecule has 0 unspecified atom stereocenters. The van der Waals surface area contributed by atoms with Crippen molar-refractivity contribution >= 4 is 16.9 Å². The van der Waals surface area contributed by atoms with Crippen molar-refractivity contribution in [2.75, 3.05) is 26.3 Å². The molecule has 17 heavy (non-hydrogen) atoms. The van der Waals surface area contributed by atoms with Crippen LogP contribution < -0.4 is 0 Å². The van der Waals surface area contributed by atoms with Gasteiger partial charge in [0, 0.05) is 18.7 Å². The van der Waals surface area contributed by atoms with Crippen molar-refractivity contribution in [3.63, 3.8) is 0 Å². The summed E-state index contributed by atoms with van der Waals surface area (Å²) in [7, 11) is 0. The molecule has 1 aromatic carbocycles. The highest BCUT2D eigenvalue weighted by Gasteiger charge is 2.18. The Morgan fingerprint density at radius 2 is 2.00 bits per heavy atom. The molecule has 0 saturated carbocycles. The molecule has 1 aliphatic heterocycles. The third-order valence-corrected chi connectivity index (χ3v) is 2.86. The third-order valence-electron chi connectivity index (χ3n) is 2.86. The van der Waals surface area contributed by atoms with Crippen LogP contribution in [0.25, 0.3) is 11.0 Å². The monoisotopic (exact) mass is 232 g/mol. The van der Waals surface area contributed by atoms with Crippen molar-refractivity contribution in [1.82, 2.24) is 20.3 Å². The van der Waals surface area contributed by atoms with E-state index in [1.807, 2.05) is 0 Å². The maximum absolute atomic E-state index is 12.2. The Kier molecular flexibility index (Phi) is 2.49. The van der Waals surface area contributed by atoms with E-state index in [1.165, 1.54) is 0 Å². The Morgan fingerprint density at radius 3 is 2.82 bits per heavy atom. The number of morpholine rings is 1. The second kappa shape index (κ2) is 4.14. The van der Waals surface area contributed by atoms with Crippen LogP contribution in [0.3, 0.4) is 0 Å². The summed E-state index contributed by atoms with van der Waals surface area (Å²) in [6, 6.07) is 5.34. The van der Waals surface area contributed by atoms with E-state index in [0.717, 1.165) is 5.52 Å². The van der Waals surface area contributed by atoms with E-state index in [0.29, 0.717) is 37.4 Å². The van der Waals surface area contributed by atoms with Gasteiger partial charge in [0.1, 0.15) is 11.0 Å². The normalized spacial score (nSPS) is 16.4. The molecule has 0 radical (unpaired) electrons. The molecular formula is C11H12N4O2. The van der Waals surface area contributed by atoms with Crippen LogP contribution in [0.4, 0.5) is 0 Å². The van der Waals surface area contributed by atoms with Crippen molar-refractivity contribution in [2.24, 2.45) is 0 Å². The van der Waals surface area contributed by atoms with Crippen LogP contribution in [0, 0.1) is 0 Å². The SMILES string of the molecule is O=C(c1ccc2n[nH]nc2c1)N1CCOCC1. The molecule has 1 saturated heterocycles. The quantitative estimate of drug-likeness (QED) is 0.774. The molecule has 1 aromatic heterocycles. The Morgan fingerprint density at radius 1 is 1.24 bits per heavy atom. The van der Waals surface area contributed by atoms with Gasteiger partial charge in [0.25, 0.3) is 5.91 Å². The molecule has 1 amide bonds. The van der Waals surface area contributed by atoms with Crippen LogP contribution >= 0.6 is 0 Å². The fraction of sp³-hybridized carbons (Fsp3) is 0.364. The van der Waals surface area contributed by atoms with E-state index in [4.69, 9.17) is 4.74 Å².